The molecule has 2 atom stereocenters. The maximum absolute atomic E-state index is 10.8. The minimum absolute atomic E-state index is 0.325. The molecule has 0 saturated carbocycles. The van der Waals surface area contributed by atoms with Crippen molar-refractivity contribution in [1.29, 1.82) is 0 Å². The second kappa shape index (κ2) is 5.50. The smallest absolute Gasteiger partial charge is 0.151 e. The number of hydrogen-bond acceptors (Lipinski definition) is 2. The first kappa shape index (κ1) is 11.7. The third kappa shape index (κ3) is 3.41. The molecule has 82 valence electrons. The van der Waals surface area contributed by atoms with E-state index in [0.717, 1.165) is 32.0 Å². The zero-order valence-electron chi connectivity index (χ0n) is 9.42. The predicted molar refractivity (Wildman–Crippen MR) is 57.3 cm³/mol. The molecule has 0 radical (unpaired) electrons. The van der Waals surface area contributed by atoms with Crippen LogP contribution in [-0.4, -0.2) is 18.0 Å². The molecule has 1 fully saturated rings. The van der Waals surface area contributed by atoms with Gasteiger partial charge in [0.15, 0.2) is 6.29 Å². The van der Waals surface area contributed by atoms with Gasteiger partial charge in [-0.25, -0.2) is 0 Å². The van der Waals surface area contributed by atoms with Crippen molar-refractivity contribution in [2.75, 3.05) is 0 Å². The normalized spacial score (nSPS) is 32.9. The monoisotopic (exact) mass is 198 g/mol. The van der Waals surface area contributed by atoms with Crippen molar-refractivity contribution >= 4 is 6.29 Å². The predicted octanol–water partition coefficient (Wildman–Crippen LogP) is 3.09. The molecule has 0 aromatic rings. The number of carbonyl (C=O) groups excluding carboxylic acids is 1. The molecule has 2 heteroatoms. The highest BCUT2D eigenvalue weighted by molar-refractivity contribution is 5.61. The summed E-state index contributed by atoms with van der Waals surface area (Å²) in [4.78, 5) is 10.8. The third-order valence-corrected chi connectivity index (χ3v) is 3.01. The van der Waals surface area contributed by atoms with E-state index in [1.165, 1.54) is 19.3 Å². The fourth-order valence-corrected chi connectivity index (χ4v) is 2.09. The Labute approximate surface area is 87.0 Å². The molecule has 0 spiro atoms. The van der Waals surface area contributed by atoms with E-state index in [0.29, 0.717) is 6.10 Å². The van der Waals surface area contributed by atoms with Gasteiger partial charge in [-0.15, -0.1) is 0 Å². The number of aldehydes is 1. The highest BCUT2D eigenvalue weighted by Crippen LogP contribution is 2.29. The van der Waals surface area contributed by atoms with Gasteiger partial charge in [-0.3, -0.25) is 0 Å². The first-order valence-electron chi connectivity index (χ1n) is 5.84. The molecule has 0 unspecified atom stereocenters. The maximum atomic E-state index is 10.8. The molecule has 1 aliphatic rings. The van der Waals surface area contributed by atoms with Crippen molar-refractivity contribution in [3.05, 3.63) is 0 Å². The van der Waals surface area contributed by atoms with E-state index in [1.807, 2.05) is 6.92 Å². The van der Waals surface area contributed by atoms with Crippen LogP contribution in [0.5, 0.6) is 0 Å². The lowest BCUT2D eigenvalue weighted by atomic mass is 9.92. The highest BCUT2D eigenvalue weighted by atomic mass is 16.5. The van der Waals surface area contributed by atoms with Crippen LogP contribution in [0.25, 0.3) is 0 Å². The van der Waals surface area contributed by atoms with Crippen molar-refractivity contribution in [3.8, 4) is 0 Å². The van der Waals surface area contributed by atoms with Crippen molar-refractivity contribution in [1.82, 2.24) is 0 Å². The molecule has 0 aromatic heterocycles. The summed E-state index contributed by atoms with van der Waals surface area (Å²) < 4.78 is 5.80. The summed E-state index contributed by atoms with van der Waals surface area (Å²) in [5.74, 6) is 0. The second-order valence-corrected chi connectivity index (χ2v) is 4.56. The Morgan fingerprint density at radius 2 is 2.29 bits per heavy atom. The van der Waals surface area contributed by atoms with E-state index in [2.05, 4.69) is 6.92 Å². The number of ether oxygens (including phenoxy) is 1. The van der Waals surface area contributed by atoms with Crippen LogP contribution < -0.4 is 0 Å². The Balaban J connectivity index is 2.29. The van der Waals surface area contributed by atoms with Gasteiger partial charge in [0.2, 0.25) is 0 Å². The summed E-state index contributed by atoms with van der Waals surface area (Å²) >= 11 is 0. The van der Waals surface area contributed by atoms with Gasteiger partial charge in [-0.05, 0) is 32.6 Å². The van der Waals surface area contributed by atoms with Crippen LogP contribution in [0.4, 0.5) is 0 Å². The largest absolute Gasteiger partial charge is 0.365 e. The molecule has 0 amide bonds. The van der Waals surface area contributed by atoms with Crippen LogP contribution in [0, 0.1) is 0 Å². The number of hydrogen-bond donors (Lipinski definition) is 0. The first-order valence-corrected chi connectivity index (χ1v) is 5.84. The van der Waals surface area contributed by atoms with Gasteiger partial charge in [0.1, 0.15) is 5.60 Å². The molecule has 1 saturated heterocycles. The average Bonchev–Trinajstić information content (AvgIpc) is 2.19. The topological polar surface area (TPSA) is 26.3 Å². The molecule has 0 aliphatic carbocycles. The number of unbranched alkanes of at least 4 members (excludes halogenated alkanes) is 2. The van der Waals surface area contributed by atoms with E-state index in [4.69, 9.17) is 4.74 Å². The molecule has 0 aromatic carbocycles. The van der Waals surface area contributed by atoms with Gasteiger partial charge >= 0.3 is 0 Å². The van der Waals surface area contributed by atoms with Gasteiger partial charge < -0.3 is 9.53 Å². The molecular formula is C12H22O2. The minimum Gasteiger partial charge on any atom is -0.365 e. The van der Waals surface area contributed by atoms with Gasteiger partial charge in [0, 0.05) is 0 Å². The zero-order chi connectivity index (χ0) is 10.4. The van der Waals surface area contributed by atoms with E-state index in [-0.39, 0.29) is 0 Å². The molecule has 0 N–H and O–H groups in total. The lowest BCUT2D eigenvalue weighted by Gasteiger charge is -2.34. The fraction of sp³-hybridized carbons (Fsp3) is 0.917. The third-order valence-electron chi connectivity index (χ3n) is 3.01. The lowest BCUT2D eigenvalue weighted by molar-refractivity contribution is -0.148. The molecular weight excluding hydrogens is 176 g/mol. The quantitative estimate of drug-likeness (QED) is 0.501. The number of carbonyl (C=O) groups is 1. The summed E-state index contributed by atoms with van der Waals surface area (Å²) in [7, 11) is 0. The fourth-order valence-electron chi connectivity index (χ4n) is 2.09. The summed E-state index contributed by atoms with van der Waals surface area (Å²) in [5, 5.41) is 0. The van der Waals surface area contributed by atoms with E-state index in [9.17, 15) is 4.79 Å². The average molecular weight is 198 g/mol. The molecule has 1 heterocycles. The molecule has 2 nitrogen and oxygen atoms in total. The van der Waals surface area contributed by atoms with E-state index in [1.54, 1.807) is 0 Å². The van der Waals surface area contributed by atoms with Gasteiger partial charge in [0.05, 0.1) is 6.10 Å². The molecule has 14 heavy (non-hydrogen) atoms. The second-order valence-electron chi connectivity index (χ2n) is 4.56. The first-order chi connectivity index (χ1) is 6.70. The Morgan fingerprint density at radius 3 is 2.93 bits per heavy atom. The summed E-state index contributed by atoms with van der Waals surface area (Å²) in [6.45, 7) is 4.11. The summed E-state index contributed by atoms with van der Waals surface area (Å²) in [6.07, 6.45) is 9.33. The SMILES string of the molecule is CCCCC[C@@H]1CCC[C@@](C)(C=O)O1. The molecule has 1 aliphatic heterocycles. The Hall–Kier alpha value is -0.370. The number of rotatable bonds is 5. The van der Waals surface area contributed by atoms with Crippen LogP contribution >= 0.6 is 0 Å². The molecule has 0 bridgehead atoms. The Morgan fingerprint density at radius 1 is 1.50 bits per heavy atom. The molecule has 1 rings (SSSR count). The van der Waals surface area contributed by atoms with Gasteiger partial charge in [0.25, 0.3) is 0 Å². The Bertz CT molecular complexity index is 179. The van der Waals surface area contributed by atoms with Crippen LogP contribution in [0.15, 0.2) is 0 Å². The highest BCUT2D eigenvalue weighted by Gasteiger charge is 2.31. The van der Waals surface area contributed by atoms with Gasteiger partial charge in [-0.1, -0.05) is 26.2 Å². The standard InChI is InChI=1S/C12H22O2/c1-3-4-5-7-11-8-6-9-12(2,10-13)14-11/h10-11H,3-9H2,1-2H3/t11-,12+/m1/s1. The van der Waals surface area contributed by atoms with E-state index < -0.39 is 5.60 Å². The van der Waals surface area contributed by atoms with Crippen LogP contribution in [-0.2, 0) is 9.53 Å². The van der Waals surface area contributed by atoms with Crippen molar-refractivity contribution in [2.24, 2.45) is 0 Å². The Kier molecular flexibility index (Phi) is 4.59. The van der Waals surface area contributed by atoms with Crippen molar-refractivity contribution in [2.45, 2.75) is 70.5 Å². The van der Waals surface area contributed by atoms with Crippen LogP contribution in [0.2, 0.25) is 0 Å². The van der Waals surface area contributed by atoms with Gasteiger partial charge in [-0.2, -0.15) is 0 Å². The van der Waals surface area contributed by atoms with Crippen LogP contribution in [0.1, 0.15) is 58.8 Å². The maximum Gasteiger partial charge on any atom is 0.151 e. The summed E-state index contributed by atoms with van der Waals surface area (Å²) in [5.41, 5.74) is -0.491. The zero-order valence-corrected chi connectivity index (χ0v) is 9.42. The van der Waals surface area contributed by atoms with Crippen molar-refractivity contribution < 1.29 is 9.53 Å². The van der Waals surface area contributed by atoms with E-state index >= 15 is 0 Å². The lowest BCUT2D eigenvalue weighted by Crippen LogP contribution is -2.39. The minimum atomic E-state index is -0.491. The summed E-state index contributed by atoms with van der Waals surface area (Å²) in [6, 6.07) is 0. The van der Waals surface area contributed by atoms with Crippen LogP contribution in [0.3, 0.4) is 0 Å². The van der Waals surface area contributed by atoms with Crippen molar-refractivity contribution in [3.63, 3.8) is 0 Å².